The van der Waals surface area contributed by atoms with E-state index in [0.29, 0.717) is 23.7 Å². The number of hydrogen-bond donors (Lipinski definition) is 1. The van der Waals surface area contributed by atoms with Gasteiger partial charge >= 0.3 is 12.1 Å². The normalized spacial score (nSPS) is 14.1. The van der Waals surface area contributed by atoms with Crippen LogP contribution in [-0.4, -0.2) is 30.3 Å². The van der Waals surface area contributed by atoms with Crippen LogP contribution in [0, 0.1) is 0 Å². The van der Waals surface area contributed by atoms with E-state index in [2.05, 4.69) is 0 Å². The first-order valence-corrected chi connectivity index (χ1v) is 11.0. The third-order valence-corrected chi connectivity index (χ3v) is 5.04. The zero-order valence-electron chi connectivity index (χ0n) is 19.0. The van der Waals surface area contributed by atoms with Crippen LogP contribution in [0.25, 0.3) is 0 Å². The summed E-state index contributed by atoms with van der Waals surface area (Å²) in [4.78, 5) is 26.6. The third-order valence-electron chi connectivity index (χ3n) is 5.04. The van der Waals surface area contributed by atoms with E-state index in [1.165, 1.54) is 4.90 Å². The summed E-state index contributed by atoms with van der Waals surface area (Å²) in [5, 5.41) is 0. The van der Waals surface area contributed by atoms with Crippen LogP contribution in [-0.2, 0) is 20.8 Å². The lowest BCUT2D eigenvalue weighted by Crippen LogP contribution is -2.41. The number of nitrogens with zero attached hydrogens (tertiary/aromatic N) is 1. The molecule has 1 fully saturated rings. The van der Waals surface area contributed by atoms with Crippen LogP contribution in [0.2, 0.25) is 0 Å². The first-order valence-electron chi connectivity index (χ1n) is 11.0. The summed E-state index contributed by atoms with van der Waals surface area (Å²) in [6.45, 7) is 5.61. The van der Waals surface area contributed by atoms with Crippen LogP contribution < -0.4 is 15.4 Å². The van der Waals surface area contributed by atoms with Gasteiger partial charge in [0, 0.05) is 12.2 Å². The van der Waals surface area contributed by atoms with Gasteiger partial charge in [-0.2, -0.15) is 0 Å². The summed E-state index contributed by atoms with van der Waals surface area (Å²) in [6, 6.07) is 14.4. The minimum atomic E-state index is -0.691. The summed E-state index contributed by atoms with van der Waals surface area (Å²) in [6.07, 6.45) is 3.19. The van der Waals surface area contributed by atoms with Gasteiger partial charge in [-0.25, -0.2) is 4.79 Å². The Morgan fingerprint density at radius 3 is 2.06 bits per heavy atom. The van der Waals surface area contributed by atoms with Crippen LogP contribution in [0.1, 0.15) is 52.0 Å². The van der Waals surface area contributed by atoms with E-state index in [1.54, 1.807) is 45.0 Å². The van der Waals surface area contributed by atoms with Gasteiger partial charge in [-0.3, -0.25) is 9.69 Å². The Morgan fingerprint density at radius 1 is 0.969 bits per heavy atom. The molecule has 3 rings (SSSR count). The van der Waals surface area contributed by atoms with Crippen molar-refractivity contribution in [1.82, 2.24) is 0 Å². The molecule has 0 heterocycles. The SMILES string of the molecule is CC(C)(C)OC(=O)N(CC(=O)OC1CCCC1)c1ccc(Oc2ccc(CN)cc2)cc1. The minimum Gasteiger partial charge on any atom is -0.461 e. The van der Waals surface area contributed by atoms with Gasteiger partial charge in [-0.15, -0.1) is 0 Å². The first-order chi connectivity index (χ1) is 15.2. The summed E-state index contributed by atoms with van der Waals surface area (Å²) in [7, 11) is 0. The Hall–Kier alpha value is -3.06. The van der Waals surface area contributed by atoms with Gasteiger partial charge in [0.2, 0.25) is 0 Å². The molecule has 2 aromatic rings. The number of anilines is 1. The van der Waals surface area contributed by atoms with Crippen molar-refractivity contribution in [1.29, 1.82) is 0 Å². The molecule has 0 unspecified atom stereocenters. The highest BCUT2D eigenvalue weighted by molar-refractivity contribution is 5.93. The maximum atomic E-state index is 12.8. The predicted molar refractivity (Wildman–Crippen MR) is 123 cm³/mol. The quantitative estimate of drug-likeness (QED) is 0.598. The number of hydrogen-bond acceptors (Lipinski definition) is 6. The number of amides is 1. The molecule has 1 aliphatic carbocycles. The fourth-order valence-electron chi connectivity index (χ4n) is 3.46. The van der Waals surface area contributed by atoms with E-state index in [1.807, 2.05) is 24.3 Å². The molecule has 2 aromatic carbocycles. The smallest absolute Gasteiger partial charge is 0.415 e. The van der Waals surface area contributed by atoms with E-state index in [0.717, 1.165) is 31.2 Å². The Kier molecular flexibility index (Phi) is 7.75. The highest BCUT2D eigenvalue weighted by Gasteiger charge is 2.27. The third kappa shape index (κ3) is 6.99. The molecule has 0 saturated heterocycles. The molecule has 7 heteroatoms. The Balaban J connectivity index is 1.71. The van der Waals surface area contributed by atoms with Crippen LogP contribution in [0.5, 0.6) is 11.5 Å². The van der Waals surface area contributed by atoms with Crippen molar-refractivity contribution in [3.05, 3.63) is 54.1 Å². The zero-order valence-corrected chi connectivity index (χ0v) is 19.0. The number of esters is 1. The Morgan fingerprint density at radius 2 is 1.53 bits per heavy atom. The van der Waals surface area contributed by atoms with Crippen LogP contribution >= 0.6 is 0 Å². The van der Waals surface area contributed by atoms with E-state index in [4.69, 9.17) is 19.9 Å². The Labute approximate surface area is 189 Å². The lowest BCUT2D eigenvalue weighted by molar-refractivity contribution is -0.147. The summed E-state index contributed by atoms with van der Waals surface area (Å²) < 4.78 is 16.9. The minimum absolute atomic E-state index is 0.0654. The lowest BCUT2D eigenvalue weighted by Gasteiger charge is -2.27. The number of carbonyl (C=O) groups excluding carboxylic acids is 2. The number of rotatable bonds is 7. The molecule has 7 nitrogen and oxygen atoms in total. The molecule has 172 valence electrons. The van der Waals surface area contributed by atoms with Gasteiger partial charge in [0.25, 0.3) is 0 Å². The highest BCUT2D eigenvalue weighted by Crippen LogP contribution is 2.26. The fourth-order valence-corrected chi connectivity index (χ4v) is 3.46. The lowest BCUT2D eigenvalue weighted by atomic mass is 10.2. The maximum absolute atomic E-state index is 12.8. The second-order valence-electron chi connectivity index (χ2n) is 8.91. The van der Waals surface area contributed by atoms with Gasteiger partial charge in [0.15, 0.2) is 0 Å². The molecule has 1 saturated carbocycles. The van der Waals surface area contributed by atoms with E-state index in [-0.39, 0.29) is 12.6 Å². The van der Waals surface area contributed by atoms with Crippen LogP contribution in [0.4, 0.5) is 10.5 Å². The number of ether oxygens (including phenoxy) is 3. The standard InChI is InChI=1S/C25H32N2O5/c1-25(2,3)32-24(29)27(17-23(28)31-20-6-4-5-7-20)19-10-14-22(15-11-19)30-21-12-8-18(16-26)9-13-21/h8-15,20H,4-7,16-17,26H2,1-3H3. The summed E-state index contributed by atoms with van der Waals surface area (Å²) in [5.74, 6) is 0.842. The average Bonchev–Trinajstić information content (AvgIpc) is 3.25. The molecule has 2 N–H and O–H groups in total. The number of nitrogens with two attached hydrogens (primary N) is 1. The topological polar surface area (TPSA) is 91.1 Å². The zero-order chi connectivity index (χ0) is 23.1. The molecule has 1 aliphatic rings. The molecular formula is C25H32N2O5. The van der Waals surface area contributed by atoms with Crippen molar-refractivity contribution in [2.24, 2.45) is 5.73 Å². The van der Waals surface area contributed by atoms with E-state index >= 15 is 0 Å². The summed E-state index contributed by atoms with van der Waals surface area (Å²) in [5.41, 5.74) is 6.47. The summed E-state index contributed by atoms with van der Waals surface area (Å²) >= 11 is 0. The number of carbonyl (C=O) groups is 2. The molecule has 0 bridgehead atoms. The van der Waals surface area contributed by atoms with Gasteiger partial charge in [0.1, 0.15) is 29.7 Å². The van der Waals surface area contributed by atoms with Crippen molar-refractivity contribution in [3.8, 4) is 11.5 Å². The van der Waals surface area contributed by atoms with Crippen molar-refractivity contribution in [3.63, 3.8) is 0 Å². The Bertz CT molecular complexity index is 897. The van der Waals surface area contributed by atoms with Crippen molar-refractivity contribution in [2.45, 2.75) is 64.7 Å². The van der Waals surface area contributed by atoms with Crippen LogP contribution in [0.3, 0.4) is 0 Å². The fraction of sp³-hybridized carbons (Fsp3) is 0.440. The second kappa shape index (κ2) is 10.5. The highest BCUT2D eigenvalue weighted by atomic mass is 16.6. The molecule has 0 radical (unpaired) electrons. The average molecular weight is 441 g/mol. The monoisotopic (exact) mass is 440 g/mol. The van der Waals surface area contributed by atoms with Crippen molar-refractivity contribution < 1.29 is 23.8 Å². The predicted octanol–water partition coefficient (Wildman–Crippen LogP) is 5.16. The molecule has 1 amide bonds. The maximum Gasteiger partial charge on any atom is 0.415 e. The van der Waals surface area contributed by atoms with Gasteiger partial charge in [0.05, 0.1) is 0 Å². The first kappa shape index (κ1) is 23.6. The van der Waals surface area contributed by atoms with Gasteiger partial charge < -0.3 is 19.9 Å². The second-order valence-corrected chi connectivity index (χ2v) is 8.91. The number of benzene rings is 2. The van der Waals surface area contributed by atoms with E-state index < -0.39 is 17.7 Å². The molecule has 0 aromatic heterocycles. The molecular weight excluding hydrogens is 408 g/mol. The van der Waals surface area contributed by atoms with Gasteiger partial charge in [-0.1, -0.05) is 12.1 Å². The molecule has 0 spiro atoms. The van der Waals surface area contributed by atoms with Crippen molar-refractivity contribution >= 4 is 17.7 Å². The molecule has 0 aliphatic heterocycles. The molecule has 32 heavy (non-hydrogen) atoms. The van der Waals surface area contributed by atoms with Gasteiger partial charge in [-0.05, 0) is 88.4 Å². The van der Waals surface area contributed by atoms with Crippen LogP contribution in [0.15, 0.2) is 48.5 Å². The molecule has 0 atom stereocenters. The van der Waals surface area contributed by atoms with Crippen molar-refractivity contribution in [2.75, 3.05) is 11.4 Å². The van der Waals surface area contributed by atoms with E-state index in [9.17, 15) is 9.59 Å². The largest absolute Gasteiger partial charge is 0.461 e.